The second-order valence-corrected chi connectivity index (χ2v) is 8.54. The average Bonchev–Trinajstić information content (AvgIpc) is 2.72. The van der Waals surface area contributed by atoms with Crippen LogP contribution in [0.5, 0.6) is 0 Å². The van der Waals surface area contributed by atoms with Gasteiger partial charge in [-0.25, -0.2) is 8.78 Å². The highest BCUT2D eigenvalue weighted by molar-refractivity contribution is 5.34. The van der Waals surface area contributed by atoms with Gasteiger partial charge in [-0.05, 0) is 92.7 Å². The molecule has 0 radical (unpaired) electrons. The number of nitrogens with zero attached hydrogens (tertiary/aromatic N) is 1. The molecule has 0 spiro atoms. The SMILES string of the molecule is N#Cc1ccc([C@H]2CC[C@H]([C@H]3CC[C@H](CCC/C=C/F)CC3)CC2)cc1F. The van der Waals surface area contributed by atoms with Crippen molar-refractivity contribution in [2.45, 2.75) is 76.5 Å². The fraction of sp³-hybridized carbons (Fsp3) is 0.625. The molecule has 2 aliphatic rings. The molecule has 2 aliphatic carbocycles. The summed E-state index contributed by atoms with van der Waals surface area (Å²) in [6.45, 7) is 0. The van der Waals surface area contributed by atoms with Crippen LogP contribution in [0, 0.1) is 34.9 Å². The zero-order valence-corrected chi connectivity index (χ0v) is 16.2. The van der Waals surface area contributed by atoms with Gasteiger partial charge in [-0.15, -0.1) is 0 Å². The first-order valence-corrected chi connectivity index (χ1v) is 10.7. The normalized spacial score (nSPS) is 28.9. The third kappa shape index (κ3) is 5.41. The third-order valence-corrected chi connectivity index (χ3v) is 6.99. The lowest BCUT2D eigenvalue weighted by atomic mass is 9.68. The summed E-state index contributed by atoms with van der Waals surface area (Å²) in [6, 6.07) is 7.05. The summed E-state index contributed by atoms with van der Waals surface area (Å²) in [5.74, 6) is 2.61. The number of hydrogen-bond donors (Lipinski definition) is 0. The molecule has 3 rings (SSSR count). The van der Waals surface area contributed by atoms with E-state index in [0.29, 0.717) is 12.2 Å². The van der Waals surface area contributed by atoms with E-state index in [9.17, 15) is 8.78 Å². The monoisotopic (exact) mass is 371 g/mol. The Morgan fingerprint density at radius 1 is 1.00 bits per heavy atom. The second kappa shape index (κ2) is 10.0. The predicted octanol–water partition coefficient (Wildman–Crippen LogP) is 7.43. The van der Waals surface area contributed by atoms with Crippen molar-refractivity contribution in [3.8, 4) is 6.07 Å². The van der Waals surface area contributed by atoms with Crippen LogP contribution in [0.2, 0.25) is 0 Å². The number of rotatable bonds is 6. The Morgan fingerprint density at radius 3 is 2.26 bits per heavy atom. The highest BCUT2D eigenvalue weighted by atomic mass is 19.1. The summed E-state index contributed by atoms with van der Waals surface area (Å²) in [5.41, 5.74) is 1.21. The van der Waals surface area contributed by atoms with Crippen LogP contribution in [0.1, 0.15) is 87.7 Å². The summed E-state index contributed by atoms with van der Waals surface area (Å²) < 4.78 is 25.9. The Morgan fingerprint density at radius 2 is 1.67 bits per heavy atom. The highest BCUT2D eigenvalue weighted by Crippen LogP contribution is 2.44. The summed E-state index contributed by atoms with van der Waals surface area (Å²) in [6.07, 6.45) is 15.7. The van der Waals surface area contributed by atoms with Gasteiger partial charge in [0.25, 0.3) is 0 Å². The Labute approximate surface area is 162 Å². The van der Waals surface area contributed by atoms with Crippen molar-refractivity contribution >= 4 is 0 Å². The van der Waals surface area contributed by atoms with Gasteiger partial charge in [-0.1, -0.05) is 31.4 Å². The van der Waals surface area contributed by atoms with Crippen LogP contribution >= 0.6 is 0 Å². The smallest absolute Gasteiger partial charge is 0.141 e. The number of hydrogen-bond acceptors (Lipinski definition) is 1. The Kier molecular flexibility index (Phi) is 7.44. The van der Waals surface area contributed by atoms with Crippen LogP contribution < -0.4 is 0 Å². The first-order chi connectivity index (χ1) is 13.2. The van der Waals surface area contributed by atoms with Crippen LogP contribution in [-0.2, 0) is 0 Å². The molecule has 1 aromatic rings. The minimum Gasteiger partial charge on any atom is -0.216 e. The molecule has 146 valence electrons. The van der Waals surface area contributed by atoms with E-state index < -0.39 is 0 Å². The molecule has 1 aromatic carbocycles. The topological polar surface area (TPSA) is 23.8 Å². The van der Waals surface area contributed by atoms with E-state index in [1.165, 1.54) is 44.9 Å². The van der Waals surface area contributed by atoms with Crippen molar-refractivity contribution < 1.29 is 8.78 Å². The standard InChI is InChI=1S/C24H31F2N/c25-15-3-1-2-4-18-5-7-19(8-6-18)20-9-11-21(12-10-20)22-13-14-23(17-27)24(26)16-22/h3,13-16,18-21H,1-2,4-12H2/b15-3+/t18-,19-,20-,21-. The van der Waals surface area contributed by atoms with Gasteiger partial charge in [0.1, 0.15) is 11.9 Å². The fourth-order valence-corrected chi connectivity index (χ4v) is 5.34. The summed E-state index contributed by atoms with van der Waals surface area (Å²) in [7, 11) is 0. The minimum absolute atomic E-state index is 0.143. The van der Waals surface area contributed by atoms with Gasteiger partial charge in [0, 0.05) is 0 Å². The predicted molar refractivity (Wildman–Crippen MR) is 105 cm³/mol. The van der Waals surface area contributed by atoms with Crippen LogP contribution in [0.4, 0.5) is 8.78 Å². The lowest BCUT2D eigenvalue weighted by molar-refractivity contribution is 0.156. The number of unbranched alkanes of at least 4 members (excludes halogenated alkanes) is 1. The third-order valence-electron chi connectivity index (χ3n) is 6.99. The molecule has 1 nitrogen and oxygen atoms in total. The Balaban J connectivity index is 1.42. The molecule has 27 heavy (non-hydrogen) atoms. The highest BCUT2D eigenvalue weighted by Gasteiger charge is 2.31. The van der Waals surface area contributed by atoms with Crippen LogP contribution in [0.3, 0.4) is 0 Å². The van der Waals surface area contributed by atoms with E-state index in [1.807, 2.05) is 12.1 Å². The molecule has 0 atom stereocenters. The van der Waals surface area contributed by atoms with Crippen LogP contribution in [-0.4, -0.2) is 0 Å². The number of benzene rings is 1. The van der Waals surface area contributed by atoms with Crippen molar-refractivity contribution in [3.05, 3.63) is 47.5 Å². The lowest BCUT2D eigenvalue weighted by Gasteiger charge is -2.38. The Bertz CT molecular complexity index is 659. The van der Waals surface area contributed by atoms with Crippen molar-refractivity contribution in [3.63, 3.8) is 0 Å². The number of allylic oxidation sites excluding steroid dienone is 1. The van der Waals surface area contributed by atoms with Crippen molar-refractivity contribution in [1.82, 2.24) is 0 Å². The van der Waals surface area contributed by atoms with E-state index in [1.54, 1.807) is 18.2 Å². The molecule has 0 saturated heterocycles. The van der Waals surface area contributed by atoms with Crippen LogP contribution in [0.15, 0.2) is 30.6 Å². The maximum absolute atomic E-state index is 13.9. The van der Waals surface area contributed by atoms with Gasteiger partial charge in [0.05, 0.1) is 11.9 Å². The van der Waals surface area contributed by atoms with Gasteiger partial charge in [0.2, 0.25) is 0 Å². The number of nitriles is 1. The lowest BCUT2D eigenvalue weighted by Crippen LogP contribution is -2.25. The van der Waals surface area contributed by atoms with E-state index in [-0.39, 0.29) is 11.4 Å². The first kappa shape index (κ1) is 20.1. The molecule has 0 heterocycles. The van der Waals surface area contributed by atoms with Crippen molar-refractivity contribution in [2.75, 3.05) is 0 Å². The molecular weight excluding hydrogens is 340 g/mol. The van der Waals surface area contributed by atoms with E-state index in [0.717, 1.165) is 49.0 Å². The number of halogens is 2. The molecule has 2 fully saturated rings. The molecule has 0 unspecified atom stereocenters. The quantitative estimate of drug-likeness (QED) is 0.477. The molecule has 0 N–H and O–H groups in total. The summed E-state index contributed by atoms with van der Waals surface area (Å²) in [4.78, 5) is 0. The summed E-state index contributed by atoms with van der Waals surface area (Å²) in [5, 5.41) is 8.88. The minimum atomic E-state index is -0.377. The van der Waals surface area contributed by atoms with Gasteiger partial charge in [-0.3, -0.25) is 0 Å². The van der Waals surface area contributed by atoms with Gasteiger partial charge in [-0.2, -0.15) is 5.26 Å². The molecule has 0 aromatic heterocycles. The van der Waals surface area contributed by atoms with Gasteiger partial charge < -0.3 is 0 Å². The van der Waals surface area contributed by atoms with E-state index in [2.05, 4.69) is 0 Å². The molecule has 0 bridgehead atoms. The zero-order chi connectivity index (χ0) is 19.1. The van der Waals surface area contributed by atoms with Crippen molar-refractivity contribution in [1.29, 1.82) is 5.26 Å². The van der Waals surface area contributed by atoms with E-state index >= 15 is 0 Å². The summed E-state index contributed by atoms with van der Waals surface area (Å²) >= 11 is 0. The van der Waals surface area contributed by atoms with E-state index in [4.69, 9.17) is 5.26 Å². The van der Waals surface area contributed by atoms with Crippen molar-refractivity contribution in [2.24, 2.45) is 17.8 Å². The molecule has 2 saturated carbocycles. The fourth-order valence-electron chi connectivity index (χ4n) is 5.34. The second-order valence-electron chi connectivity index (χ2n) is 8.54. The van der Waals surface area contributed by atoms with Gasteiger partial charge in [0.15, 0.2) is 0 Å². The maximum atomic E-state index is 13.9. The maximum Gasteiger partial charge on any atom is 0.141 e. The molecular formula is C24H31F2N. The largest absolute Gasteiger partial charge is 0.216 e. The zero-order valence-electron chi connectivity index (χ0n) is 16.2. The average molecular weight is 372 g/mol. The Hall–Kier alpha value is -1.69. The molecule has 0 amide bonds. The molecule has 3 heteroatoms. The van der Waals surface area contributed by atoms with Crippen LogP contribution in [0.25, 0.3) is 0 Å². The molecule has 0 aliphatic heterocycles. The first-order valence-electron chi connectivity index (χ1n) is 10.7. The van der Waals surface area contributed by atoms with Gasteiger partial charge >= 0.3 is 0 Å².